The van der Waals surface area contributed by atoms with E-state index in [0.29, 0.717) is 76.0 Å². The van der Waals surface area contributed by atoms with Crippen molar-refractivity contribution in [1.29, 1.82) is 0 Å². The van der Waals surface area contributed by atoms with E-state index in [2.05, 4.69) is 31.9 Å². The summed E-state index contributed by atoms with van der Waals surface area (Å²) in [5, 5.41) is 26.6. The fourth-order valence-electron chi connectivity index (χ4n) is 11.1. The molecule has 0 saturated carbocycles. The lowest BCUT2D eigenvalue weighted by atomic mass is 9.87. The molecule has 0 unspecified atom stereocenters. The number of alkyl carbamates (subject to hydrolysis) is 1. The van der Waals surface area contributed by atoms with E-state index in [9.17, 15) is 48.3 Å². The van der Waals surface area contributed by atoms with Gasteiger partial charge in [-0.25, -0.2) is 9.59 Å². The van der Waals surface area contributed by atoms with Crippen LogP contribution in [0.25, 0.3) is 0 Å². The summed E-state index contributed by atoms with van der Waals surface area (Å²) in [5.74, 6) is -3.40. The molecular formula is C76H104N8O13. The number of carboxylic acids is 1. The Morgan fingerprint density at radius 1 is 0.505 bits per heavy atom. The lowest BCUT2D eigenvalue weighted by Crippen LogP contribution is -2.57. The zero-order valence-corrected chi connectivity index (χ0v) is 57.8. The van der Waals surface area contributed by atoms with Crippen LogP contribution in [0.1, 0.15) is 147 Å². The molecule has 0 radical (unpaired) electrons. The second-order valence-electron chi connectivity index (χ2n) is 26.9. The average Bonchev–Trinajstić information content (AvgIpc) is 1.84. The van der Waals surface area contributed by atoms with Gasteiger partial charge in [0.15, 0.2) is 23.1 Å². The summed E-state index contributed by atoms with van der Waals surface area (Å²) >= 11 is 0. The Morgan fingerprint density at radius 2 is 0.990 bits per heavy atom. The fraction of sp³-hybridized carbons (Fsp3) is 0.487. The van der Waals surface area contributed by atoms with Crippen molar-refractivity contribution < 1.29 is 62.5 Å². The molecule has 21 nitrogen and oxygen atoms in total. The summed E-state index contributed by atoms with van der Waals surface area (Å²) in [6.45, 7) is 15.8. The number of carbonyl (C=O) groups excluding carboxylic acids is 8. The van der Waals surface area contributed by atoms with Gasteiger partial charge in [0.2, 0.25) is 36.3 Å². The van der Waals surface area contributed by atoms with Crippen LogP contribution in [-0.2, 0) is 75.2 Å². The molecule has 526 valence electrons. The lowest BCUT2D eigenvalue weighted by molar-refractivity contribution is -0.142. The maximum atomic E-state index is 14.0. The predicted molar refractivity (Wildman–Crippen MR) is 374 cm³/mol. The highest BCUT2D eigenvalue weighted by molar-refractivity contribution is 5.96. The highest BCUT2D eigenvalue weighted by Gasteiger charge is 2.34. The Labute approximate surface area is 572 Å². The SMILES string of the molecule is CC(C)C[C@@H](CC(=O)[C@@H](Cc1ccccc1)NC(=O)[C@H](N)Cc1ccccc1)C(=O)N[C@H](CCCCN)C(=O)CCc1ccc2c(c1)OCO2.CC(C)C[C@@H](NC(=O)[C@@H](Cc1ccccc1)NC(=O)[C@H](C)Cc1ccccc1)C(=O)N[C@H](CCCCNC(=O)OC(C)(C)C)C(=O)O. The van der Waals surface area contributed by atoms with E-state index in [1.54, 1.807) is 27.7 Å². The number of carboxylic acid groups (broad SMARTS) is 1. The molecule has 1 aliphatic rings. The third-order valence-corrected chi connectivity index (χ3v) is 16.2. The van der Waals surface area contributed by atoms with Crippen LogP contribution in [-0.4, -0.2) is 120 Å². The van der Waals surface area contributed by atoms with Crippen molar-refractivity contribution in [2.45, 2.75) is 194 Å². The normalized spacial score (nSPS) is 14.1. The van der Waals surface area contributed by atoms with Crippen LogP contribution in [0.15, 0.2) is 140 Å². The number of nitrogens with two attached hydrogens (primary N) is 2. The van der Waals surface area contributed by atoms with Crippen LogP contribution < -0.4 is 52.8 Å². The topological polar surface area (TPSA) is 326 Å². The zero-order chi connectivity index (χ0) is 70.9. The molecule has 6 amide bonds. The Hall–Kier alpha value is -8.95. The third-order valence-electron chi connectivity index (χ3n) is 16.2. The van der Waals surface area contributed by atoms with Gasteiger partial charge in [0.25, 0.3) is 0 Å². The van der Waals surface area contributed by atoms with Gasteiger partial charge >= 0.3 is 12.1 Å². The van der Waals surface area contributed by atoms with Gasteiger partial charge in [-0.05, 0) is 156 Å². The quantitative estimate of drug-likeness (QED) is 0.0166. The number of hydrogen-bond donors (Lipinski definition) is 9. The second kappa shape index (κ2) is 41.2. The highest BCUT2D eigenvalue weighted by Crippen LogP contribution is 2.33. The van der Waals surface area contributed by atoms with Crippen molar-refractivity contribution in [3.63, 3.8) is 0 Å². The van der Waals surface area contributed by atoms with Crippen molar-refractivity contribution in [2.24, 2.45) is 35.1 Å². The van der Waals surface area contributed by atoms with Crippen molar-refractivity contribution in [2.75, 3.05) is 19.9 Å². The van der Waals surface area contributed by atoms with Crippen LogP contribution in [0.5, 0.6) is 11.5 Å². The number of benzene rings is 5. The van der Waals surface area contributed by atoms with E-state index in [1.807, 2.05) is 167 Å². The van der Waals surface area contributed by atoms with Crippen LogP contribution in [0.2, 0.25) is 0 Å². The summed E-state index contributed by atoms with van der Waals surface area (Å²) < 4.78 is 16.1. The number of fused-ring (bicyclic) bond motifs is 1. The van der Waals surface area contributed by atoms with Gasteiger partial charge in [-0.15, -0.1) is 0 Å². The van der Waals surface area contributed by atoms with Gasteiger partial charge in [-0.1, -0.05) is 162 Å². The van der Waals surface area contributed by atoms with Crippen LogP contribution in [0.3, 0.4) is 0 Å². The van der Waals surface area contributed by atoms with Crippen LogP contribution in [0.4, 0.5) is 4.79 Å². The molecule has 1 heterocycles. The molecule has 5 aromatic carbocycles. The minimum atomic E-state index is -1.20. The first-order valence-electron chi connectivity index (χ1n) is 34.0. The first-order chi connectivity index (χ1) is 46.3. The number of amides is 6. The van der Waals surface area contributed by atoms with Gasteiger partial charge < -0.3 is 62.7 Å². The lowest BCUT2D eigenvalue weighted by Gasteiger charge is -2.26. The Bertz CT molecular complexity index is 3280. The summed E-state index contributed by atoms with van der Waals surface area (Å²) in [7, 11) is 0. The maximum absolute atomic E-state index is 14.0. The number of unbranched alkanes of at least 4 members (excludes halogenated alkanes) is 2. The molecule has 0 saturated heterocycles. The molecule has 6 rings (SSSR count). The van der Waals surface area contributed by atoms with Gasteiger partial charge in [0.1, 0.15) is 23.7 Å². The largest absolute Gasteiger partial charge is 0.480 e. The minimum absolute atomic E-state index is 0.00122. The van der Waals surface area contributed by atoms with E-state index in [0.717, 1.165) is 34.2 Å². The smallest absolute Gasteiger partial charge is 0.407 e. The molecular weight excluding hydrogens is 1230 g/mol. The number of ketones is 2. The van der Waals surface area contributed by atoms with Crippen LogP contribution >= 0.6 is 0 Å². The first-order valence-corrected chi connectivity index (χ1v) is 34.0. The summed E-state index contributed by atoms with van der Waals surface area (Å²) in [6, 6.07) is 37.8. The summed E-state index contributed by atoms with van der Waals surface area (Å²) in [6.07, 6.45) is 4.97. The number of carbonyl (C=O) groups is 9. The molecule has 0 bridgehead atoms. The molecule has 1 aliphatic heterocycles. The third kappa shape index (κ3) is 29.9. The summed E-state index contributed by atoms with van der Waals surface area (Å²) in [5.41, 5.74) is 16.0. The molecule has 97 heavy (non-hydrogen) atoms. The number of rotatable bonds is 39. The van der Waals surface area contributed by atoms with Crippen molar-refractivity contribution in [3.05, 3.63) is 167 Å². The van der Waals surface area contributed by atoms with Crippen molar-refractivity contribution in [3.8, 4) is 11.5 Å². The maximum Gasteiger partial charge on any atom is 0.407 e. The first kappa shape index (κ1) is 78.7. The van der Waals surface area contributed by atoms with E-state index in [4.69, 9.17) is 25.7 Å². The molecule has 8 atom stereocenters. The Kier molecular flexibility index (Phi) is 33.5. The molecule has 11 N–H and O–H groups in total. The molecule has 0 fully saturated rings. The van der Waals surface area contributed by atoms with Gasteiger partial charge in [-0.2, -0.15) is 0 Å². The predicted octanol–water partition coefficient (Wildman–Crippen LogP) is 8.84. The summed E-state index contributed by atoms with van der Waals surface area (Å²) in [4.78, 5) is 119. The van der Waals surface area contributed by atoms with Gasteiger partial charge in [-0.3, -0.25) is 33.6 Å². The van der Waals surface area contributed by atoms with E-state index in [1.165, 1.54) is 0 Å². The number of nitrogens with one attached hydrogen (secondary N) is 6. The molecule has 0 aromatic heterocycles. The molecule has 5 aromatic rings. The number of Topliss-reactive ketones (excluding diaryl/α,β-unsaturated/α-hetero) is 2. The van der Waals surface area contributed by atoms with Crippen molar-refractivity contribution >= 4 is 53.2 Å². The van der Waals surface area contributed by atoms with E-state index < -0.39 is 83.5 Å². The number of aryl methyl sites for hydroxylation is 1. The number of aliphatic carboxylic acids is 1. The van der Waals surface area contributed by atoms with E-state index in [-0.39, 0.29) is 80.5 Å². The fourth-order valence-corrected chi connectivity index (χ4v) is 11.1. The van der Waals surface area contributed by atoms with Gasteiger partial charge in [0, 0.05) is 37.6 Å². The van der Waals surface area contributed by atoms with Gasteiger partial charge in [0.05, 0.1) is 18.1 Å². The highest BCUT2D eigenvalue weighted by atomic mass is 16.7. The molecule has 21 heteroatoms. The average molecular weight is 1340 g/mol. The number of ether oxygens (including phenoxy) is 3. The Balaban J connectivity index is 0.000000351. The van der Waals surface area contributed by atoms with Crippen LogP contribution in [0, 0.1) is 23.7 Å². The number of hydrogen-bond acceptors (Lipinski definition) is 14. The Morgan fingerprint density at radius 3 is 1.55 bits per heavy atom. The molecule has 0 aliphatic carbocycles. The standard InChI is InChI=1S/C40H52N4O6.C36H52N4O7/c1-27(2)21-31(39(47)43-33(15-9-10-20-41)35(45)18-16-30-17-19-37-38(24-30)50-26-49-37)25-36(46)34(23-29-13-7-4-8-14-29)44-40(48)32(42)22-28-11-5-3-6-12-28;1-24(2)21-29(32(42)38-28(34(44)45)19-13-14-20-37-35(46)47-36(4,5)6)40-33(43)30(23-27-17-11-8-12-18-27)39-31(41)25(3)22-26-15-9-7-10-16-26/h3-8,11-14,17,19,24,27,31-34H,9-10,15-16,18,20-23,25-26,41-42H2,1-2H3,(H,43,47)(H,44,48);7-12,15-18,24-25,28-30H,13-14,19-23H2,1-6H3,(H,37,46)(H,38,42)(H,39,41)(H,40,43)(H,44,45)/t31-,32+,33+,34+;25-,28-,29-,30-/m01/s1. The second-order valence-corrected chi connectivity index (χ2v) is 26.9. The zero-order valence-electron chi connectivity index (χ0n) is 57.8. The van der Waals surface area contributed by atoms with Crippen molar-refractivity contribution in [1.82, 2.24) is 31.9 Å². The monoisotopic (exact) mass is 1340 g/mol. The van der Waals surface area contributed by atoms with E-state index >= 15 is 0 Å². The minimum Gasteiger partial charge on any atom is -0.480 e. The molecule has 0 spiro atoms.